The number of fused-ring (bicyclic) bond motifs is 1. The molecule has 1 aliphatic rings. The number of anilines is 1. The van der Waals surface area contributed by atoms with E-state index in [4.69, 9.17) is 5.10 Å². The molecular weight excluding hydrogens is 342 g/mol. The summed E-state index contributed by atoms with van der Waals surface area (Å²) in [4.78, 5) is 12.9. The van der Waals surface area contributed by atoms with Gasteiger partial charge in [0, 0.05) is 22.6 Å². The van der Waals surface area contributed by atoms with E-state index in [0.29, 0.717) is 5.56 Å². The van der Waals surface area contributed by atoms with Crippen LogP contribution in [0, 0.1) is 20.8 Å². The predicted octanol–water partition coefficient (Wildman–Crippen LogP) is 4.80. The number of benzene rings is 2. The van der Waals surface area contributed by atoms with Gasteiger partial charge >= 0.3 is 0 Å². The second-order valence-corrected chi connectivity index (χ2v) is 7.78. The van der Waals surface area contributed by atoms with Gasteiger partial charge in [-0.2, -0.15) is 16.9 Å². The van der Waals surface area contributed by atoms with Gasteiger partial charge in [-0.15, -0.1) is 0 Å². The third kappa shape index (κ3) is 3.03. The van der Waals surface area contributed by atoms with Crippen LogP contribution in [0.5, 0.6) is 0 Å². The Kier molecular flexibility index (Phi) is 4.32. The number of aryl methyl sites for hydroxylation is 3. The molecule has 132 valence electrons. The number of rotatable bonds is 3. The van der Waals surface area contributed by atoms with E-state index in [1.54, 1.807) is 0 Å². The molecule has 5 heteroatoms. The summed E-state index contributed by atoms with van der Waals surface area (Å²) in [5.41, 5.74) is 7.18. The van der Waals surface area contributed by atoms with E-state index >= 15 is 0 Å². The second kappa shape index (κ2) is 6.65. The minimum absolute atomic E-state index is 0.0914. The van der Waals surface area contributed by atoms with Gasteiger partial charge in [-0.3, -0.25) is 4.79 Å². The van der Waals surface area contributed by atoms with E-state index in [0.717, 1.165) is 51.0 Å². The normalized spacial score (nSPS) is 12.9. The highest BCUT2D eigenvalue weighted by Crippen LogP contribution is 2.36. The molecule has 1 amide bonds. The summed E-state index contributed by atoms with van der Waals surface area (Å²) >= 11 is 1.83. The van der Waals surface area contributed by atoms with E-state index in [9.17, 15) is 4.79 Å². The maximum absolute atomic E-state index is 12.9. The molecule has 0 atom stereocenters. The number of hydrogen-bond acceptors (Lipinski definition) is 3. The summed E-state index contributed by atoms with van der Waals surface area (Å²) in [5.74, 6) is 2.47. The fraction of sp³-hybridized carbons (Fsp3) is 0.238. The first kappa shape index (κ1) is 16.9. The average molecular weight is 363 g/mol. The molecule has 2 heterocycles. The van der Waals surface area contributed by atoms with E-state index in [-0.39, 0.29) is 5.91 Å². The minimum atomic E-state index is -0.0914. The zero-order chi connectivity index (χ0) is 18.3. The van der Waals surface area contributed by atoms with Gasteiger partial charge in [0.1, 0.15) is 5.82 Å². The Labute approximate surface area is 157 Å². The molecule has 2 aromatic carbocycles. The smallest absolute Gasteiger partial charge is 0.256 e. The zero-order valence-electron chi connectivity index (χ0n) is 15.2. The molecule has 0 spiro atoms. The van der Waals surface area contributed by atoms with Gasteiger partial charge in [0.05, 0.1) is 11.4 Å². The van der Waals surface area contributed by atoms with Gasteiger partial charge in [-0.1, -0.05) is 35.4 Å². The van der Waals surface area contributed by atoms with Crippen molar-refractivity contribution in [2.24, 2.45) is 0 Å². The van der Waals surface area contributed by atoms with Crippen LogP contribution in [0.2, 0.25) is 0 Å². The molecule has 0 unspecified atom stereocenters. The molecule has 0 saturated heterocycles. The molecule has 1 aliphatic heterocycles. The summed E-state index contributed by atoms with van der Waals surface area (Å²) in [6.07, 6.45) is 0. The predicted molar refractivity (Wildman–Crippen MR) is 107 cm³/mol. The molecule has 1 aromatic heterocycles. The fourth-order valence-corrected chi connectivity index (χ4v) is 4.44. The fourth-order valence-electron chi connectivity index (χ4n) is 3.40. The minimum Gasteiger partial charge on any atom is -0.306 e. The molecule has 0 fully saturated rings. The van der Waals surface area contributed by atoms with Crippen LogP contribution in [-0.2, 0) is 11.5 Å². The molecule has 0 aliphatic carbocycles. The maximum Gasteiger partial charge on any atom is 0.256 e. The quantitative estimate of drug-likeness (QED) is 0.727. The van der Waals surface area contributed by atoms with Crippen LogP contribution in [0.4, 0.5) is 5.82 Å². The lowest BCUT2D eigenvalue weighted by molar-refractivity contribution is 0.102. The molecular formula is C21H21N3OS. The van der Waals surface area contributed by atoms with Gasteiger partial charge in [0.15, 0.2) is 0 Å². The Morgan fingerprint density at radius 1 is 1.08 bits per heavy atom. The van der Waals surface area contributed by atoms with Crippen molar-refractivity contribution in [3.8, 4) is 5.69 Å². The van der Waals surface area contributed by atoms with Crippen LogP contribution in [0.15, 0.2) is 42.5 Å². The van der Waals surface area contributed by atoms with Crippen molar-refractivity contribution in [2.45, 2.75) is 32.3 Å². The molecule has 0 bridgehead atoms. The van der Waals surface area contributed by atoms with Crippen molar-refractivity contribution >= 4 is 23.5 Å². The molecule has 0 saturated carbocycles. The van der Waals surface area contributed by atoms with Gasteiger partial charge < -0.3 is 5.32 Å². The highest BCUT2D eigenvalue weighted by molar-refractivity contribution is 7.98. The third-order valence-corrected chi connectivity index (χ3v) is 5.58. The van der Waals surface area contributed by atoms with Crippen LogP contribution in [0.1, 0.15) is 38.3 Å². The molecule has 26 heavy (non-hydrogen) atoms. The lowest BCUT2D eigenvalue weighted by atomic mass is 10.1. The Morgan fingerprint density at radius 3 is 2.54 bits per heavy atom. The maximum atomic E-state index is 12.9. The van der Waals surface area contributed by atoms with Gasteiger partial charge in [0.25, 0.3) is 5.91 Å². The molecule has 3 aromatic rings. The van der Waals surface area contributed by atoms with Crippen molar-refractivity contribution in [1.29, 1.82) is 0 Å². The van der Waals surface area contributed by atoms with Crippen molar-refractivity contribution in [1.82, 2.24) is 9.78 Å². The summed E-state index contributed by atoms with van der Waals surface area (Å²) in [5, 5.41) is 7.92. The van der Waals surface area contributed by atoms with Crippen molar-refractivity contribution in [3.05, 3.63) is 76.0 Å². The van der Waals surface area contributed by atoms with Crippen molar-refractivity contribution in [2.75, 3.05) is 5.32 Å². The van der Waals surface area contributed by atoms with E-state index < -0.39 is 0 Å². The summed E-state index contributed by atoms with van der Waals surface area (Å²) in [6.45, 7) is 6.08. The van der Waals surface area contributed by atoms with Crippen LogP contribution >= 0.6 is 11.8 Å². The average Bonchev–Trinajstić information content (AvgIpc) is 3.17. The standard InChI is InChI=1S/C21H21N3OS/c1-13-8-14(2)10-16(9-13)21(25)22-20-17-11-26-12-18(17)23-24(20)19-7-5-4-6-15(19)3/h4-10H,11-12H2,1-3H3,(H,22,25). The molecule has 1 N–H and O–H groups in total. The Morgan fingerprint density at radius 2 is 1.81 bits per heavy atom. The highest BCUT2D eigenvalue weighted by Gasteiger charge is 2.25. The van der Waals surface area contributed by atoms with Crippen LogP contribution < -0.4 is 5.32 Å². The first-order valence-corrected chi connectivity index (χ1v) is 9.82. The van der Waals surface area contributed by atoms with Crippen LogP contribution in [0.3, 0.4) is 0 Å². The molecule has 0 radical (unpaired) electrons. The van der Waals surface area contributed by atoms with E-state index in [1.807, 2.05) is 60.6 Å². The number of thioether (sulfide) groups is 1. The number of nitrogens with zero attached hydrogens (tertiary/aromatic N) is 2. The van der Waals surface area contributed by atoms with Gasteiger partial charge in [-0.05, 0) is 44.5 Å². The first-order chi connectivity index (χ1) is 12.5. The number of amides is 1. The number of para-hydroxylation sites is 1. The Balaban J connectivity index is 1.76. The number of aromatic nitrogens is 2. The number of nitrogens with one attached hydrogen (secondary N) is 1. The second-order valence-electron chi connectivity index (χ2n) is 6.80. The van der Waals surface area contributed by atoms with Gasteiger partial charge in [0.2, 0.25) is 0 Å². The Bertz CT molecular complexity index is 986. The number of hydrogen-bond donors (Lipinski definition) is 1. The highest BCUT2D eigenvalue weighted by atomic mass is 32.2. The summed E-state index contributed by atoms with van der Waals surface area (Å²) in [6, 6.07) is 14.0. The van der Waals surface area contributed by atoms with Crippen LogP contribution in [0.25, 0.3) is 5.69 Å². The monoisotopic (exact) mass is 363 g/mol. The molecule has 4 rings (SSSR count). The lowest BCUT2D eigenvalue weighted by Gasteiger charge is -2.13. The topological polar surface area (TPSA) is 46.9 Å². The lowest BCUT2D eigenvalue weighted by Crippen LogP contribution is -2.17. The summed E-state index contributed by atoms with van der Waals surface area (Å²) < 4.78 is 1.89. The van der Waals surface area contributed by atoms with E-state index in [2.05, 4.69) is 24.4 Å². The number of carbonyl (C=O) groups is 1. The Hall–Kier alpha value is -2.53. The van der Waals surface area contributed by atoms with Crippen molar-refractivity contribution in [3.63, 3.8) is 0 Å². The molecule has 4 nitrogen and oxygen atoms in total. The van der Waals surface area contributed by atoms with Crippen molar-refractivity contribution < 1.29 is 4.79 Å². The third-order valence-electron chi connectivity index (χ3n) is 4.61. The number of carbonyl (C=O) groups excluding carboxylic acids is 1. The van der Waals surface area contributed by atoms with E-state index in [1.165, 1.54) is 0 Å². The van der Waals surface area contributed by atoms with Crippen LogP contribution in [-0.4, -0.2) is 15.7 Å². The zero-order valence-corrected chi connectivity index (χ0v) is 16.0. The largest absolute Gasteiger partial charge is 0.306 e. The first-order valence-electron chi connectivity index (χ1n) is 8.67. The summed E-state index contributed by atoms with van der Waals surface area (Å²) in [7, 11) is 0. The van der Waals surface area contributed by atoms with Gasteiger partial charge in [-0.25, -0.2) is 4.68 Å². The SMILES string of the molecule is Cc1cc(C)cc(C(=O)Nc2c3c(nn2-c2ccccc2C)CSC3)c1.